The second-order valence-corrected chi connectivity index (χ2v) is 12.6. The van der Waals surface area contributed by atoms with Gasteiger partial charge in [0.2, 0.25) is 0 Å². The Hall–Kier alpha value is -2.88. The van der Waals surface area contributed by atoms with E-state index in [4.69, 9.17) is 25.8 Å². The molecule has 5 N–H and O–H groups in total. The Bertz CT molecular complexity index is 1650. The van der Waals surface area contributed by atoms with E-state index < -0.39 is 36.0 Å². The highest BCUT2D eigenvalue weighted by atomic mass is 35.5. The van der Waals surface area contributed by atoms with Crippen molar-refractivity contribution in [3.05, 3.63) is 93.1 Å². The van der Waals surface area contributed by atoms with Crippen LogP contribution in [0.1, 0.15) is 22.0 Å². The number of hydrogen-bond donors (Lipinski definition) is 3. The molecule has 0 radical (unpaired) electrons. The van der Waals surface area contributed by atoms with Crippen molar-refractivity contribution in [2.45, 2.75) is 22.3 Å². The van der Waals surface area contributed by atoms with Gasteiger partial charge < -0.3 is 10.6 Å². The Morgan fingerprint density at radius 3 is 1.95 bits per heavy atom. The summed E-state index contributed by atoms with van der Waals surface area (Å²) < 4.78 is 62.7. The van der Waals surface area contributed by atoms with Gasteiger partial charge in [0.05, 0.1) is 12.6 Å². The Morgan fingerprint density at radius 2 is 1.44 bits per heavy atom. The van der Waals surface area contributed by atoms with Crippen LogP contribution in [0, 0.1) is 0 Å². The molecule has 0 fully saturated rings. The van der Waals surface area contributed by atoms with Gasteiger partial charge in [0, 0.05) is 27.2 Å². The van der Waals surface area contributed by atoms with Crippen molar-refractivity contribution in [1.29, 1.82) is 0 Å². The molecule has 0 unspecified atom stereocenters. The zero-order valence-electron chi connectivity index (χ0n) is 20.1. The fourth-order valence-corrected chi connectivity index (χ4v) is 7.03. The second-order valence-electron chi connectivity index (χ2n) is 8.39. The van der Waals surface area contributed by atoms with Crippen LogP contribution < -0.4 is 0 Å². The number of rotatable bonds is 5. The number of carboxylic acids is 1. The topological polar surface area (TPSA) is 181 Å². The lowest BCUT2D eigenvalue weighted by molar-refractivity contribution is -0.138. The fourth-order valence-electron chi connectivity index (χ4n) is 4.48. The predicted octanol–water partition coefficient (Wildman–Crippen LogP) is 3.94. The largest absolute Gasteiger partial charge is 0.480 e. The number of thiophene rings is 1. The molecule has 1 aromatic heterocycles. The van der Waals surface area contributed by atoms with E-state index in [1.54, 1.807) is 11.3 Å². The average molecular weight is 614 g/mol. The monoisotopic (exact) mass is 613 g/mol. The molecule has 0 spiro atoms. The van der Waals surface area contributed by atoms with Crippen LogP contribution >= 0.6 is 22.9 Å². The highest BCUT2D eigenvalue weighted by Gasteiger charge is 2.31. The third-order valence-electron chi connectivity index (χ3n) is 6.00. The summed E-state index contributed by atoms with van der Waals surface area (Å²) in [5.41, 5.74) is 2.17. The smallest absolute Gasteiger partial charge is 0.317 e. The van der Waals surface area contributed by atoms with Gasteiger partial charge in [0.25, 0.3) is 20.2 Å². The van der Waals surface area contributed by atoms with Gasteiger partial charge in [0.15, 0.2) is 0 Å². The lowest BCUT2D eigenvalue weighted by Crippen LogP contribution is -2.39. The third-order valence-corrected chi connectivity index (χ3v) is 9.17. The van der Waals surface area contributed by atoms with Crippen molar-refractivity contribution < 1.29 is 41.3 Å². The molecule has 0 saturated carbocycles. The molecule has 0 aliphatic carbocycles. The molecule has 0 saturated heterocycles. The third kappa shape index (κ3) is 6.83. The average Bonchev–Trinajstić information content (AvgIpc) is 3.32. The maximum Gasteiger partial charge on any atom is 0.317 e. The van der Waals surface area contributed by atoms with E-state index in [9.17, 15) is 21.6 Å². The van der Waals surface area contributed by atoms with Crippen LogP contribution in [0.15, 0.2) is 81.9 Å². The van der Waals surface area contributed by atoms with Crippen molar-refractivity contribution in [1.82, 2.24) is 4.90 Å². The number of fused-ring (bicyclic) bond motifs is 2. The first-order valence-electron chi connectivity index (χ1n) is 11.1. The molecule has 39 heavy (non-hydrogen) atoms. The minimum atomic E-state index is -4.47. The van der Waals surface area contributed by atoms with Crippen LogP contribution in [-0.4, -0.2) is 60.5 Å². The number of hydrogen-bond acceptors (Lipinski definition) is 7. The molecule has 0 bridgehead atoms. The molecule has 1 aliphatic rings. The summed E-state index contributed by atoms with van der Waals surface area (Å²) in [5, 5.41) is 11.9. The normalized spacial score (nSPS) is 15.5. The van der Waals surface area contributed by atoms with Crippen molar-refractivity contribution in [3.63, 3.8) is 0 Å². The van der Waals surface area contributed by atoms with E-state index in [0.717, 1.165) is 30.7 Å². The molecule has 1 aliphatic heterocycles. The molecule has 10 nitrogen and oxygen atoms in total. The van der Waals surface area contributed by atoms with Crippen LogP contribution in [0.3, 0.4) is 0 Å². The maximum absolute atomic E-state index is 11.2. The zero-order valence-corrected chi connectivity index (χ0v) is 23.3. The number of halogens is 1. The highest BCUT2D eigenvalue weighted by Crippen LogP contribution is 2.40. The molecule has 1 atom stereocenters. The maximum atomic E-state index is 11.2. The van der Waals surface area contributed by atoms with Gasteiger partial charge in [-0.3, -0.25) is 18.8 Å². The molecule has 14 heteroatoms. The van der Waals surface area contributed by atoms with Crippen molar-refractivity contribution >= 4 is 59.9 Å². The molecular formula is C25H24ClNO9S3. The van der Waals surface area contributed by atoms with Crippen LogP contribution in [-0.2, 0) is 31.5 Å². The SMILES string of the molecule is O.O=C(O)CN1CCc2sccc2[C@H]1c1ccccc1Cl.O=S(=O)(O)c1cccc2c(S(=O)(=O)O)cccc12. The predicted molar refractivity (Wildman–Crippen MR) is 148 cm³/mol. The van der Waals surface area contributed by atoms with Crippen molar-refractivity contribution in [2.24, 2.45) is 0 Å². The highest BCUT2D eigenvalue weighted by molar-refractivity contribution is 7.86. The first-order chi connectivity index (χ1) is 17.9. The summed E-state index contributed by atoms with van der Waals surface area (Å²) in [6.45, 7) is 0.779. The van der Waals surface area contributed by atoms with E-state index >= 15 is 0 Å². The standard InChI is InChI=1S/C15H14ClNO2S.C10H8O6S2.H2O/c16-12-4-2-1-3-10(12)15-11-6-8-20-13(11)5-7-17(15)9-14(18)19;11-17(12,13)9-5-1-3-7-8(9)4-2-6-10(7)18(14,15)16;/h1-4,6,8,15H,5,7,9H2,(H,18,19);1-6H,(H,11,12,13)(H,14,15,16);1H2/t15-;;/m1../s1. The Labute approximate surface area is 233 Å². The molecule has 0 amide bonds. The molecule has 208 valence electrons. The van der Waals surface area contributed by atoms with Gasteiger partial charge in [-0.25, -0.2) is 0 Å². The number of benzene rings is 3. The lowest BCUT2D eigenvalue weighted by Gasteiger charge is -2.35. The molecule has 3 aromatic carbocycles. The minimum Gasteiger partial charge on any atom is -0.480 e. The summed E-state index contributed by atoms with van der Waals surface area (Å²) in [6, 6.07) is 17.2. The summed E-state index contributed by atoms with van der Waals surface area (Å²) >= 11 is 8.06. The van der Waals surface area contributed by atoms with Crippen molar-refractivity contribution in [3.8, 4) is 0 Å². The van der Waals surface area contributed by atoms with Gasteiger partial charge >= 0.3 is 5.97 Å². The summed E-state index contributed by atoms with van der Waals surface area (Å²) in [4.78, 5) is 13.6. The zero-order chi connectivity index (χ0) is 27.7. The summed E-state index contributed by atoms with van der Waals surface area (Å²) in [7, 11) is -8.94. The van der Waals surface area contributed by atoms with E-state index in [0.29, 0.717) is 5.02 Å². The Balaban J connectivity index is 0.000000211. The van der Waals surface area contributed by atoms with Crippen LogP contribution in [0.2, 0.25) is 5.02 Å². The quantitative estimate of drug-likeness (QED) is 0.281. The fraction of sp³-hybridized carbons (Fsp3) is 0.160. The van der Waals surface area contributed by atoms with Gasteiger partial charge in [-0.05, 0) is 47.2 Å². The Morgan fingerprint density at radius 1 is 0.872 bits per heavy atom. The van der Waals surface area contributed by atoms with Gasteiger partial charge in [-0.1, -0.05) is 54.1 Å². The van der Waals surface area contributed by atoms with E-state index in [-0.39, 0.29) is 28.8 Å². The lowest BCUT2D eigenvalue weighted by atomic mass is 9.93. The van der Waals surface area contributed by atoms with Crippen LogP contribution in [0.25, 0.3) is 10.8 Å². The number of aliphatic carboxylic acids is 1. The van der Waals surface area contributed by atoms with Crippen LogP contribution in [0.4, 0.5) is 0 Å². The molecule has 4 aromatic rings. The first-order valence-corrected chi connectivity index (χ1v) is 15.2. The van der Waals surface area contributed by atoms with Gasteiger partial charge in [-0.2, -0.15) is 16.8 Å². The van der Waals surface area contributed by atoms with Gasteiger partial charge in [-0.15, -0.1) is 11.3 Å². The molecule has 5 rings (SSSR count). The van der Waals surface area contributed by atoms with Crippen molar-refractivity contribution in [2.75, 3.05) is 13.1 Å². The van der Waals surface area contributed by atoms with E-state index in [1.807, 2.05) is 29.2 Å². The van der Waals surface area contributed by atoms with E-state index in [2.05, 4.69) is 11.4 Å². The Kier molecular flexibility index (Phi) is 9.51. The van der Waals surface area contributed by atoms with Crippen LogP contribution in [0.5, 0.6) is 0 Å². The number of carbonyl (C=O) groups is 1. The summed E-state index contributed by atoms with van der Waals surface area (Å²) in [5.74, 6) is -0.805. The molecular weight excluding hydrogens is 590 g/mol. The minimum absolute atomic E-state index is 0. The number of carboxylic acid groups (broad SMARTS) is 1. The summed E-state index contributed by atoms with van der Waals surface area (Å²) in [6.07, 6.45) is 0.904. The second kappa shape index (κ2) is 12.1. The first kappa shape index (κ1) is 30.7. The van der Waals surface area contributed by atoms with Gasteiger partial charge in [0.1, 0.15) is 9.79 Å². The van der Waals surface area contributed by atoms with E-state index in [1.165, 1.54) is 34.7 Å². The molecule has 2 heterocycles. The number of nitrogens with zero attached hydrogens (tertiary/aromatic N) is 1.